The topological polar surface area (TPSA) is 3.24 Å². The van der Waals surface area contributed by atoms with Gasteiger partial charge in [-0.25, -0.2) is 0 Å². The number of rotatable bonds is 2. The Morgan fingerprint density at radius 3 is 2.60 bits per heavy atom. The summed E-state index contributed by atoms with van der Waals surface area (Å²) in [5.41, 5.74) is 2.84. The van der Waals surface area contributed by atoms with Gasteiger partial charge in [-0.1, -0.05) is 36.2 Å². The second-order valence-electron chi connectivity index (χ2n) is 4.82. The molecule has 1 aliphatic heterocycles. The van der Waals surface area contributed by atoms with Crippen molar-refractivity contribution in [3.05, 3.63) is 35.4 Å². The molecule has 0 radical (unpaired) electrons. The molecule has 1 nitrogen and oxygen atoms in total. The zero-order valence-corrected chi connectivity index (χ0v) is 9.87. The maximum atomic E-state index is 2.52. The molecule has 1 aromatic rings. The van der Waals surface area contributed by atoms with Crippen molar-refractivity contribution in [3.8, 4) is 0 Å². The van der Waals surface area contributed by atoms with Gasteiger partial charge in [-0.05, 0) is 45.3 Å². The van der Waals surface area contributed by atoms with Gasteiger partial charge in [0.1, 0.15) is 0 Å². The summed E-state index contributed by atoms with van der Waals surface area (Å²) in [7, 11) is 2.26. The van der Waals surface area contributed by atoms with Gasteiger partial charge in [0, 0.05) is 6.04 Å². The van der Waals surface area contributed by atoms with E-state index in [2.05, 4.69) is 43.1 Å². The lowest BCUT2D eigenvalue weighted by atomic mass is 9.96. The lowest BCUT2D eigenvalue weighted by Gasteiger charge is -2.32. The SMILES string of the molecule is Cc1ccc(C[C@@H]2CCCCN2C)cc1. The molecule has 0 saturated carbocycles. The predicted molar refractivity (Wildman–Crippen MR) is 65.2 cm³/mol. The van der Waals surface area contributed by atoms with Gasteiger partial charge in [-0.15, -0.1) is 0 Å². The van der Waals surface area contributed by atoms with Gasteiger partial charge in [0.05, 0.1) is 0 Å². The Kier molecular flexibility index (Phi) is 3.42. The van der Waals surface area contributed by atoms with Gasteiger partial charge in [0.15, 0.2) is 0 Å². The minimum atomic E-state index is 0.765. The van der Waals surface area contributed by atoms with Crippen molar-refractivity contribution in [1.29, 1.82) is 0 Å². The largest absolute Gasteiger partial charge is 0.303 e. The van der Waals surface area contributed by atoms with Crippen LogP contribution in [0.2, 0.25) is 0 Å². The molecule has 0 spiro atoms. The summed E-state index contributed by atoms with van der Waals surface area (Å²) in [5.74, 6) is 0. The first-order valence-electron chi connectivity index (χ1n) is 6.01. The maximum Gasteiger partial charge on any atom is 0.0133 e. The summed E-state index contributed by atoms with van der Waals surface area (Å²) >= 11 is 0. The molecule has 1 fully saturated rings. The van der Waals surface area contributed by atoms with Crippen molar-refractivity contribution >= 4 is 0 Å². The number of nitrogens with zero attached hydrogens (tertiary/aromatic N) is 1. The summed E-state index contributed by atoms with van der Waals surface area (Å²) in [6.45, 7) is 3.42. The van der Waals surface area contributed by atoms with Gasteiger partial charge in [0.25, 0.3) is 0 Å². The number of likely N-dealkylation sites (tertiary alicyclic amines) is 1. The Balaban J connectivity index is 1.98. The average molecular weight is 203 g/mol. The van der Waals surface area contributed by atoms with Crippen LogP contribution in [-0.4, -0.2) is 24.5 Å². The van der Waals surface area contributed by atoms with E-state index in [1.807, 2.05) is 0 Å². The highest BCUT2D eigenvalue weighted by Gasteiger charge is 2.18. The molecule has 2 rings (SSSR count). The summed E-state index contributed by atoms with van der Waals surface area (Å²) < 4.78 is 0. The van der Waals surface area contributed by atoms with Gasteiger partial charge in [-0.2, -0.15) is 0 Å². The van der Waals surface area contributed by atoms with E-state index >= 15 is 0 Å². The smallest absolute Gasteiger partial charge is 0.0133 e. The third-order valence-electron chi connectivity index (χ3n) is 3.51. The van der Waals surface area contributed by atoms with E-state index in [0.717, 1.165) is 6.04 Å². The van der Waals surface area contributed by atoms with Crippen LogP contribution in [0.15, 0.2) is 24.3 Å². The molecule has 0 aromatic heterocycles. The molecular formula is C14H21N. The van der Waals surface area contributed by atoms with Crippen LogP contribution < -0.4 is 0 Å². The van der Waals surface area contributed by atoms with E-state index in [0.29, 0.717) is 0 Å². The lowest BCUT2D eigenvalue weighted by molar-refractivity contribution is 0.184. The van der Waals surface area contributed by atoms with Crippen LogP contribution in [0.4, 0.5) is 0 Å². The molecule has 1 aliphatic rings. The molecule has 1 aromatic carbocycles. The Morgan fingerprint density at radius 1 is 1.20 bits per heavy atom. The second kappa shape index (κ2) is 4.80. The Bertz CT molecular complexity index is 302. The third kappa shape index (κ3) is 2.82. The van der Waals surface area contributed by atoms with Crippen molar-refractivity contribution < 1.29 is 0 Å². The van der Waals surface area contributed by atoms with Crippen LogP contribution in [0.3, 0.4) is 0 Å². The number of hydrogen-bond donors (Lipinski definition) is 0. The Morgan fingerprint density at radius 2 is 1.93 bits per heavy atom. The zero-order valence-electron chi connectivity index (χ0n) is 9.87. The van der Waals surface area contributed by atoms with Crippen LogP contribution in [0, 0.1) is 6.92 Å². The first-order valence-corrected chi connectivity index (χ1v) is 6.01. The maximum absolute atomic E-state index is 2.52. The van der Waals surface area contributed by atoms with Crippen LogP contribution >= 0.6 is 0 Å². The van der Waals surface area contributed by atoms with E-state index < -0.39 is 0 Å². The number of aryl methyl sites for hydroxylation is 1. The minimum absolute atomic E-state index is 0.765. The number of piperidine rings is 1. The summed E-state index contributed by atoms with van der Waals surface area (Å²) in [5, 5.41) is 0. The molecule has 1 heterocycles. The highest BCUT2D eigenvalue weighted by Crippen LogP contribution is 2.19. The molecule has 0 unspecified atom stereocenters. The van der Waals surface area contributed by atoms with E-state index in [1.165, 1.54) is 43.4 Å². The molecule has 1 atom stereocenters. The molecule has 0 amide bonds. The highest BCUT2D eigenvalue weighted by atomic mass is 15.1. The van der Waals surface area contributed by atoms with Crippen molar-refractivity contribution in [1.82, 2.24) is 4.90 Å². The van der Waals surface area contributed by atoms with Crippen LogP contribution in [-0.2, 0) is 6.42 Å². The second-order valence-corrected chi connectivity index (χ2v) is 4.82. The molecule has 15 heavy (non-hydrogen) atoms. The van der Waals surface area contributed by atoms with E-state index in [9.17, 15) is 0 Å². The summed E-state index contributed by atoms with van der Waals surface area (Å²) in [6.07, 6.45) is 5.36. The van der Waals surface area contributed by atoms with Crippen molar-refractivity contribution in [2.45, 2.75) is 38.6 Å². The predicted octanol–water partition coefficient (Wildman–Crippen LogP) is 3.02. The number of likely N-dealkylation sites (N-methyl/N-ethyl adjacent to an activating group) is 1. The van der Waals surface area contributed by atoms with Gasteiger partial charge in [-0.3, -0.25) is 0 Å². The monoisotopic (exact) mass is 203 g/mol. The fourth-order valence-electron chi connectivity index (χ4n) is 2.40. The first-order chi connectivity index (χ1) is 7.25. The van der Waals surface area contributed by atoms with E-state index in [4.69, 9.17) is 0 Å². The molecular weight excluding hydrogens is 182 g/mol. The molecule has 0 bridgehead atoms. The van der Waals surface area contributed by atoms with Crippen LogP contribution in [0.5, 0.6) is 0 Å². The summed E-state index contributed by atoms with van der Waals surface area (Å²) in [4.78, 5) is 2.52. The van der Waals surface area contributed by atoms with Crippen LogP contribution in [0.25, 0.3) is 0 Å². The van der Waals surface area contributed by atoms with Crippen LogP contribution in [0.1, 0.15) is 30.4 Å². The Labute approximate surface area is 93.1 Å². The van der Waals surface area contributed by atoms with Gasteiger partial charge in [0.2, 0.25) is 0 Å². The first kappa shape index (κ1) is 10.7. The Hall–Kier alpha value is -0.820. The summed E-state index contributed by atoms with van der Waals surface area (Å²) in [6, 6.07) is 9.76. The normalized spacial score (nSPS) is 22.9. The number of benzene rings is 1. The van der Waals surface area contributed by atoms with E-state index in [-0.39, 0.29) is 0 Å². The quantitative estimate of drug-likeness (QED) is 0.714. The third-order valence-corrected chi connectivity index (χ3v) is 3.51. The molecule has 1 heteroatoms. The van der Waals surface area contributed by atoms with Crippen molar-refractivity contribution in [2.75, 3.05) is 13.6 Å². The number of hydrogen-bond acceptors (Lipinski definition) is 1. The van der Waals surface area contributed by atoms with Gasteiger partial charge < -0.3 is 4.90 Å². The van der Waals surface area contributed by atoms with Gasteiger partial charge >= 0.3 is 0 Å². The average Bonchev–Trinajstić information content (AvgIpc) is 2.25. The molecule has 0 aliphatic carbocycles. The molecule has 1 saturated heterocycles. The fraction of sp³-hybridized carbons (Fsp3) is 0.571. The van der Waals surface area contributed by atoms with Crippen molar-refractivity contribution in [3.63, 3.8) is 0 Å². The molecule has 82 valence electrons. The van der Waals surface area contributed by atoms with Crippen molar-refractivity contribution in [2.24, 2.45) is 0 Å². The zero-order chi connectivity index (χ0) is 10.7. The van der Waals surface area contributed by atoms with E-state index in [1.54, 1.807) is 0 Å². The fourth-order valence-corrected chi connectivity index (χ4v) is 2.40. The highest BCUT2D eigenvalue weighted by molar-refractivity contribution is 5.22. The lowest BCUT2D eigenvalue weighted by Crippen LogP contribution is -2.37. The standard InChI is InChI=1S/C14H21N/c1-12-6-8-13(9-7-12)11-14-5-3-4-10-15(14)2/h6-9,14H,3-5,10-11H2,1-2H3/t14-/m0/s1. The minimum Gasteiger partial charge on any atom is -0.303 e. The molecule has 0 N–H and O–H groups in total.